The van der Waals surface area contributed by atoms with Crippen LogP contribution in [0, 0.1) is 6.92 Å². The number of carbonyl (C=O) groups excluding carboxylic acids is 1. The first kappa shape index (κ1) is 15.2. The highest BCUT2D eigenvalue weighted by molar-refractivity contribution is 7.13. The van der Waals surface area contributed by atoms with Gasteiger partial charge in [-0.2, -0.15) is 0 Å². The van der Waals surface area contributed by atoms with Crippen LogP contribution < -0.4 is 4.90 Å². The van der Waals surface area contributed by atoms with E-state index >= 15 is 0 Å². The molecule has 0 atom stereocenters. The first-order chi connectivity index (χ1) is 10.6. The average Bonchev–Trinajstić information content (AvgIpc) is 3.17. The maximum atomic E-state index is 12.7. The molecule has 0 spiro atoms. The summed E-state index contributed by atoms with van der Waals surface area (Å²) < 4.78 is 0. The molecule has 3 rings (SSSR count). The predicted molar refractivity (Wildman–Crippen MR) is 90.5 cm³/mol. The number of benzene rings is 1. The van der Waals surface area contributed by atoms with Crippen molar-refractivity contribution in [1.82, 2.24) is 9.88 Å². The van der Waals surface area contributed by atoms with Gasteiger partial charge in [-0.3, -0.25) is 9.69 Å². The molecule has 116 valence electrons. The monoisotopic (exact) mass is 315 g/mol. The van der Waals surface area contributed by atoms with Crippen molar-refractivity contribution in [2.45, 2.75) is 26.3 Å². The minimum atomic E-state index is 0.0221. The lowest BCUT2D eigenvalue weighted by Crippen LogP contribution is -2.25. The fraction of sp³-hybridized carbons (Fsp3) is 0.412. The topological polar surface area (TPSA) is 36.4 Å². The van der Waals surface area contributed by atoms with Gasteiger partial charge in [0.15, 0.2) is 0 Å². The van der Waals surface area contributed by atoms with Gasteiger partial charge in [-0.15, -0.1) is 11.3 Å². The van der Waals surface area contributed by atoms with Crippen LogP contribution in [0.1, 0.15) is 33.2 Å². The van der Waals surface area contributed by atoms with E-state index in [1.54, 1.807) is 4.90 Å². The van der Waals surface area contributed by atoms with E-state index in [-0.39, 0.29) is 5.91 Å². The second-order valence-electron chi connectivity index (χ2n) is 5.71. The van der Waals surface area contributed by atoms with E-state index < -0.39 is 0 Å². The summed E-state index contributed by atoms with van der Waals surface area (Å²) in [5.41, 5.74) is 1.74. The lowest BCUT2D eigenvalue weighted by atomic mass is 10.3. The summed E-state index contributed by atoms with van der Waals surface area (Å²) in [4.78, 5) is 22.2. The Morgan fingerprint density at radius 1 is 1.27 bits per heavy atom. The normalized spacial score (nSPS) is 15.2. The quantitative estimate of drug-likeness (QED) is 0.868. The van der Waals surface area contributed by atoms with E-state index in [4.69, 9.17) is 0 Å². The molecule has 4 nitrogen and oxygen atoms in total. The van der Waals surface area contributed by atoms with Gasteiger partial charge in [-0.1, -0.05) is 18.2 Å². The third-order valence-electron chi connectivity index (χ3n) is 4.04. The number of likely N-dealkylation sites (tertiary alicyclic amines) is 1. The second kappa shape index (κ2) is 6.58. The van der Waals surface area contributed by atoms with Crippen molar-refractivity contribution in [1.29, 1.82) is 0 Å². The zero-order valence-corrected chi connectivity index (χ0v) is 13.9. The Bertz CT molecular complexity index is 647. The number of para-hydroxylation sites is 1. The number of thiazole rings is 1. The van der Waals surface area contributed by atoms with E-state index in [9.17, 15) is 4.79 Å². The zero-order valence-electron chi connectivity index (χ0n) is 13.1. The molecule has 1 amide bonds. The van der Waals surface area contributed by atoms with Crippen LogP contribution in [0.25, 0.3) is 0 Å². The highest BCUT2D eigenvalue weighted by Crippen LogP contribution is 2.24. The molecule has 0 saturated carbocycles. The maximum Gasteiger partial charge on any atom is 0.270 e. The molecule has 0 bridgehead atoms. The molecule has 22 heavy (non-hydrogen) atoms. The van der Waals surface area contributed by atoms with Crippen molar-refractivity contribution >= 4 is 22.9 Å². The van der Waals surface area contributed by atoms with Crippen LogP contribution >= 0.6 is 11.3 Å². The first-order valence-electron chi connectivity index (χ1n) is 7.67. The molecular formula is C17H21N3OS. The van der Waals surface area contributed by atoms with Gasteiger partial charge >= 0.3 is 0 Å². The summed E-state index contributed by atoms with van der Waals surface area (Å²) >= 11 is 1.53. The molecule has 1 fully saturated rings. The summed E-state index contributed by atoms with van der Waals surface area (Å²) in [6, 6.07) is 9.72. The van der Waals surface area contributed by atoms with Crippen LogP contribution in [0.4, 0.5) is 5.69 Å². The van der Waals surface area contributed by atoms with Gasteiger partial charge in [0.25, 0.3) is 5.91 Å². The molecule has 1 aromatic carbocycles. The highest BCUT2D eigenvalue weighted by atomic mass is 32.1. The van der Waals surface area contributed by atoms with Gasteiger partial charge in [0, 0.05) is 12.7 Å². The van der Waals surface area contributed by atoms with Crippen LogP contribution in [0.5, 0.6) is 0 Å². The average molecular weight is 315 g/mol. The second-order valence-corrected chi connectivity index (χ2v) is 6.79. The van der Waals surface area contributed by atoms with Crippen molar-refractivity contribution in [3.8, 4) is 0 Å². The number of aromatic nitrogens is 1. The van der Waals surface area contributed by atoms with Gasteiger partial charge in [-0.05, 0) is 45.0 Å². The number of hydrogen-bond donors (Lipinski definition) is 0. The van der Waals surface area contributed by atoms with E-state index in [2.05, 4.69) is 9.88 Å². The fourth-order valence-electron chi connectivity index (χ4n) is 2.77. The number of rotatable bonds is 4. The number of hydrogen-bond acceptors (Lipinski definition) is 4. The molecule has 1 aliphatic heterocycles. The summed E-state index contributed by atoms with van der Waals surface area (Å²) in [6.45, 7) is 5.08. The van der Waals surface area contributed by atoms with Crippen LogP contribution in [0.3, 0.4) is 0 Å². The Labute approximate surface area is 135 Å². The number of anilines is 1. The molecule has 0 radical (unpaired) electrons. The van der Waals surface area contributed by atoms with Crippen LogP contribution in [-0.2, 0) is 6.54 Å². The standard InChI is InChI=1S/C17H21N3OS/c1-13-16(17(21)19(2)14-8-4-3-5-9-14)22-15(18-13)12-20-10-6-7-11-20/h3-5,8-9H,6-7,10-12H2,1-2H3. The van der Waals surface area contributed by atoms with Crippen molar-refractivity contribution in [2.24, 2.45) is 0 Å². The first-order valence-corrected chi connectivity index (χ1v) is 8.48. The summed E-state index contributed by atoms with van der Waals surface area (Å²) in [7, 11) is 1.82. The third-order valence-corrected chi connectivity index (χ3v) is 5.17. The molecule has 5 heteroatoms. The molecular weight excluding hydrogens is 294 g/mol. The van der Waals surface area contributed by atoms with Crippen molar-refractivity contribution in [3.05, 3.63) is 45.9 Å². The smallest absolute Gasteiger partial charge is 0.270 e. The number of amides is 1. The molecule has 1 aromatic heterocycles. The number of carbonyl (C=O) groups is 1. The fourth-order valence-corrected chi connectivity index (χ4v) is 3.85. The van der Waals surface area contributed by atoms with Crippen molar-refractivity contribution < 1.29 is 4.79 Å². The van der Waals surface area contributed by atoms with Crippen LogP contribution in [-0.4, -0.2) is 35.9 Å². The molecule has 0 aliphatic carbocycles. The molecule has 1 saturated heterocycles. The van der Waals surface area contributed by atoms with Crippen LogP contribution in [0.15, 0.2) is 30.3 Å². The Kier molecular flexibility index (Phi) is 4.55. The Morgan fingerprint density at radius 3 is 2.64 bits per heavy atom. The Balaban J connectivity index is 1.76. The third kappa shape index (κ3) is 3.20. The highest BCUT2D eigenvalue weighted by Gasteiger charge is 2.21. The number of aryl methyl sites for hydroxylation is 1. The van der Waals surface area contributed by atoms with Gasteiger partial charge in [0.05, 0.1) is 12.2 Å². The van der Waals surface area contributed by atoms with E-state index in [0.717, 1.165) is 40.9 Å². The molecule has 1 aliphatic rings. The number of nitrogens with zero attached hydrogens (tertiary/aromatic N) is 3. The Morgan fingerprint density at radius 2 is 1.95 bits per heavy atom. The zero-order chi connectivity index (χ0) is 15.5. The lowest BCUT2D eigenvalue weighted by molar-refractivity contribution is 0.0996. The molecule has 0 N–H and O–H groups in total. The molecule has 2 heterocycles. The lowest BCUT2D eigenvalue weighted by Gasteiger charge is -2.16. The van der Waals surface area contributed by atoms with Gasteiger partial charge in [-0.25, -0.2) is 4.98 Å². The van der Waals surface area contributed by atoms with Crippen molar-refractivity contribution in [3.63, 3.8) is 0 Å². The van der Waals surface area contributed by atoms with Crippen LogP contribution in [0.2, 0.25) is 0 Å². The predicted octanol–water partition coefficient (Wildman–Crippen LogP) is 3.32. The van der Waals surface area contributed by atoms with Gasteiger partial charge in [0.2, 0.25) is 0 Å². The van der Waals surface area contributed by atoms with E-state index in [1.165, 1.54) is 24.2 Å². The van der Waals surface area contributed by atoms with Gasteiger partial charge < -0.3 is 4.90 Å². The molecule has 2 aromatic rings. The minimum Gasteiger partial charge on any atom is -0.311 e. The summed E-state index contributed by atoms with van der Waals surface area (Å²) in [5.74, 6) is 0.0221. The summed E-state index contributed by atoms with van der Waals surface area (Å²) in [6.07, 6.45) is 2.54. The molecule has 0 unspecified atom stereocenters. The van der Waals surface area contributed by atoms with Crippen molar-refractivity contribution in [2.75, 3.05) is 25.0 Å². The van der Waals surface area contributed by atoms with E-state index in [1.807, 2.05) is 44.3 Å². The largest absolute Gasteiger partial charge is 0.311 e. The SMILES string of the molecule is Cc1nc(CN2CCCC2)sc1C(=O)N(C)c1ccccc1. The maximum absolute atomic E-state index is 12.7. The van der Waals surface area contributed by atoms with E-state index in [0.29, 0.717) is 0 Å². The minimum absolute atomic E-state index is 0.0221. The Hall–Kier alpha value is -1.72. The summed E-state index contributed by atoms with van der Waals surface area (Å²) in [5, 5.41) is 1.05. The van der Waals surface area contributed by atoms with Gasteiger partial charge in [0.1, 0.15) is 9.88 Å².